The number of hydrogen-bond acceptors (Lipinski definition) is 3. The highest BCUT2D eigenvalue weighted by Crippen LogP contribution is 2.26. The van der Waals surface area contributed by atoms with Gasteiger partial charge in [0, 0.05) is 19.3 Å². The zero-order valence-corrected chi connectivity index (χ0v) is 12.2. The minimum atomic E-state index is -3.27. The Balaban J connectivity index is 2.03. The van der Waals surface area contributed by atoms with Gasteiger partial charge in [-0.25, -0.2) is 12.7 Å². The average molecular weight is 282 g/mol. The Bertz CT molecular complexity index is 522. The second kappa shape index (κ2) is 5.92. The maximum atomic E-state index is 12.3. The number of hydrogen-bond donors (Lipinski definition) is 1. The van der Waals surface area contributed by atoms with Crippen LogP contribution in [0.1, 0.15) is 31.2 Å². The van der Waals surface area contributed by atoms with Gasteiger partial charge in [-0.1, -0.05) is 31.0 Å². The van der Waals surface area contributed by atoms with Crippen molar-refractivity contribution in [1.29, 1.82) is 0 Å². The van der Waals surface area contributed by atoms with Crippen LogP contribution < -0.4 is 5.73 Å². The van der Waals surface area contributed by atoms with Crippen LogP contribution in [-0.4, -0.2) is 26.3 Å². The second-order valence-electron chi connectivity index (χ2n) is 5.39. The summed E-state index contributed by atoms with van der Waals surface area (Å²) in [6.45, 7) is 0.634. The van der Waals surface area contributed by atoms with Crippen LogP contribution in [0.5, 0.6) is 0 Å². The maximum absolute atomic E-state index is 12.3. The van der Waals surface area contributed by atoms with Gasteiger partial charge in [-0.15, -0.1) is 0 Å². The van der Waals surface area contributed by atoms with E-state index in [2.05, 4.69) is 0 Å². The Morgan fingerprint density at radius 2 is 1.89 bits per heavy atom. The molecule has 0 spiro atoms. The molecule has 2 N–H and O–H groups in total. The zero-order chi connectivity index (χ0) is 13.9. The Morgan fingerprint density at radius 3 is 2.53 bits per heavy atom. The highest BCUT2D eigenvalue weighted by Gasteiger charge is 2.24. The first-order chi connectivity index (χ1) is 8.99. The largest absolute Gasteiger partial charge is 0.398 e. The quantitative estimate of drug-likeness (QED) is 0.842. The third-order valence-electron chi connectivity index (χ3n) is 3.86. The Labute approximate surface area is 115 Å². The summed E-state index contributed by atoms with van der Waals surface area (Å²) in [7, 11) is -1.60. The van der Waals surface area contributed by atoms with Crippen LogP contribution in [0.2, 0.25) is 0 Å². The molecule has 1 fully saturated rings. The van der Waals surface area contributed by atoms with Crippen molar-refractivity contribution < 1.29 is 8.42 Å². The second-order valence-corrected chi connectivity index (χ2v) is 7.46. The van der Waals surface area contributed by atoms with Gasteiger partial charge < -0.3 is 5.73 Å². The first kappa shape index (κ1) is 14.3. The predicted octanol–water partition coefficient (Wildman–Crippen LogP) is 2.22. The van der Waals surface area contributed by atoms with Crippen molar-refractivity contribution in [3.63, 3.8) is 0 Å². The monoisotopic (exact) mass is 282 g/mol. The maximum Gasteiger partial charge on any atom is 0.218 e. The molecular formula is C14H22N2O2S. The third-order valence-corrected chi connectivity index (χ3v) is 5.63. The summed E-state index contributed by atoms with van der Waals surface area (Å²) in [4.78, 5) is 0. The number of nitrogens with two attached hydrogens (primary N) is 1. The van der Waals surface area contributed by atoms with E-state index in [1.807, 2.05) is 12.1 Å². The van der Waals surface area contributed by atoms with E-state index in [1.54, 1.807) is 19.2 Å². The number of para-hydroxylation sites is 1. The molecule has 0 bridgehead atoms. The Hall–Kier alpha value is -1.07. The predicted molar refractivity (Wildman–Crippen MR) is 78.1 cm³/mol. The fourth-order valence-electron chi connectivity index (χ4n) is 2.64. The van der Waals surface area contributed by atoms with Crippen LogP contribution >= 0.6 is 0 Å². The SMILES string of the molecule is CN(CC1CCCC1)S(=O)(=O)Cc1ccccc1N. The summed E-state index contributed by atoms with van der Waals surface area (Å²) in [6.07, 6.45) is 4.75. The molecule has 19 heavy (non-hydrogen) atoms. The molecule has 106 valence electrons. The summed E-state index contributed by atoms with van der Waals surface area (Å²) in [5, 5.41) is 0. The number of benzene rings is 1. The van der Waals surface area contributed by atoms with E-state index in [0.29, 0.717) is 23.7 Å². The molecule has 0 saturated heterocycles. The van der Waals surface area contributed by atoms with E-state index in [4.69, 9.17) is 5.73 Å². The molecule has 2 rings (SSSR count). The minimum Gasteiger partial charge on any atom is -0.398 e. The molecule has 1 aromatic rings. The van der Waals surface area contributed by atoms with Gasteiger partial charge in [0.1, 0.15) is 0 Å². The molecule has 1 aromatic carbocycles. The number of anilines is 1. The molecule has 0 aliphatic heterocycles. The number of nitrogen functional groups attached to an aromatic ring is 1. The van der Waals surface area contributed by atoms with Crippen molar-refractivity contribution in [3.8, 4) is 0 Å². The lowest BCUT2D eigenvalue weighted by Crippen LogP contribution is -2.32. The van der Waals surface area contributed by atoms with Crippen molar-refractivity contribution in [3.05, 3.63) is 29.8 Å². The first-order valence-electron chi connectivity index (χ1n) is 6.76. The van der Waals surface area contributed by atoms with Gasteiger partial charge in [0.05, 0.1) is 5.75 Å². The van der Waals surface area contributed by atoms with Crippen molar-refractivity contribution in [2.45, 2.75) is 31.4 Å². The average Bonchev–Trinajstić information content (AvgIpc) is 2.84. The van der Waals surface area contributed by atoms with Crippen LogP contribution in [0.15, 0.2) is 24.3 Å². The van der Waals surface area contributed by atoms with E-state index in [9.17, 15) is 8.42 Å². The molecule has 4 nitrogen and oxygen atoms in total. The van der Waals surface area contributed by atoms with E-state index >= 15 is 0 Å². The van der Waals surface area contributed by atoms with Gasteiger partial charge >= 0.3 is 0 Å². The molecule has 0 atom stereocenters. The zero-order valence-electron chi connectivity index (χ0n) is 11.4. The first-order valence-corrected chi connectivity index (χ1v) is 8.37. The van der Waals surface area contributed by atoms with Crippen LogP contribution in [0, 0.1) is 5.92 Å². The molecule has 0 heterocycles. The summed E-state index contributed by atoms with van der Waals surface area (Å²) in [5.41, 5.74) is 7.03. The highest BCUT2D eigenvalue weighted by molar-refractivity contribution is 7.88. The highest BCUT2D eigenvalue weighted by atomic mass is 32.2. The lowest BCUT2D eigenvalue weighted by molar-refractivity contribution is 0.387. The van der Waals surface area contributed by atoms with Crippen LogP contribution in [0.3, 0.4) is 0 Å². The van der Waals surface area contributed by atoms with E-state index in [0.717, 1.165) is 12.8 Å². The van der Waals surface area contributed by atoms with Gasteiger partial charge in [-0.05, 0) is 30.4 Å². The molecular weight excluding hydrogens is 260 g/mol. The molecule has 1 aliphatic carbocycles. The molecule has 0 radical (unpaired) electrons. The summed E-state index contributed by atoms with van der Waals surface area (Å²) in [6, 6.07) is 7.14. The molecule has 5 heteroatoms. The number of rotatable bonds is 5. The topological polar surface area (TPSA) is 63.4 Å². The van der Waals surface area contributed by atoms with Gasteiger partial charge in [-0.2, -0.15) is 0 Å². The molecule has 0 amide bonds. The molecule has 0 aromatic heterocycles. The minimum absolute atomic E-state index is 0.0110. The summed E-state index contributed by atoms with van der Waals surface area (Å²) >= 11 is 0. The standard InChI is InChI=1S/C14H22N2O2S/c1-16(10-12-6-2-3-7-12)19(17,18)11-13-8-4-5-9-14(13)15/h4-5,8-9,12H,2-3,6-7,10-11,15H2,1H3. The normalized spacial score (nSPS) is 17.2. The summed E-state index contributed by atoms with van der Waals surface area (Å²) < 4.78 is 26.1. The molecule has 1 saturated carbocycles. The fraction of sp³-hybridized carbons (Fsp3) is 0.571. The lowest BCUT2D eigenvalue weighted by Gasteiger charge is -2.21. The number of sulfonamides is 1. The van der Waals surface area contributed by atoms with Crippen molar-refractivity contribution >= 4 is 15.7 Å². The number of nitrogens with zero attached hydrogens (tertiary/aromatic N) is 1. The smallest absolute Gasteiger partial charge is 0.218 e. The van der Waals surface area contributed by atoms with Gasteiger partial charge in [0.25, 0.3) is 0 Å². The van der Waals surface area contributed by atoms with Gasteiger partial charge in [-0.3, -0.25) is 0 Å². The van der Waals surface area contributed by atoms with E-state index < -0.39 is 10.0 Å². The van der Waals surface area contributed by atoms with Crippen molar-refractivity contribution in [1.82, 2.24) is 4.31 Å². The van der Waals surface area contributed by atoms with Gasteiger partial charge in [0.15, 0.2) is 0 Å². The lowest BCUT2D eigenvalue weighted by atomic mass is 10.1. The van der Waals surface area contributed by atoms with Gasteiger partial charge in [0.2, 0.25) is 10.0 Å². The van der Waals surface area contributed by atoms with E-state index in [-0.39, 0.29) is 5.75 Å². The summed E-state index contributed by atoms with van der Waals surface area (Å²) in [5.74, 6) is 0.510. The fourth-order valence-corrected chi connectivity index (χ4v) is 3.96. The van der Waals surface area contributed by atoms with Crippen molar-refractivity contribution in [2.75, 3.05) is 19.3 Å². The molecule has 1 aliphatic rings. The van der Waals surface area contributed by atoms with Crippen LogP contribution in [0.25, 0.3) is 0 Å². The Morgan fingerprint density at radius 1 is 1.26 bits per heavy atom. The Kier molecular flexibility index (Phi) is 4.47. The van der Waals surface area contributed by atoms with Crippen molar-refractivity contribution in [2.24, 2.45) is 5.92 Å². The van der Waals surface area contributed by atoms with Crippen LogP contribution in [-0.2, 0) is 15.8 Å². The molecule has 0 unspecified atom stereocenters. The van der Waals surface area contributed by atoms with E-state index in [1.165, 1.54) is 17.1 Å². The van der Waals surface area contributed by atoms with Crippen LogP contribution in [0.4, 0.5) is 5.69 Å². The third kappa shape index (κ3) is 3.70.